The van der Waals surface area contributed by atoms with Crippen LogP contribution in [0.25, 0.3) is 10.9 Å². The van der Waals surface area contributed by atoms with Crippen molar-refractivity contribution < 1.29 is 0 Å². The Morgan fingerprint density at radius 2 is 2.00 bits per heavy atom. The van der Waals surface area contributed by atoms with E-state index in [9.17, 15) is 0 Å². The first kappa shape index (κ1) is 12.6. The molecule has 0 amide bonds. The van der Waals surface area contributed by atoms with Crippen molar-refractivity contribution >= 4 is 10.9 Å². The molecular formula is C17H22N2. The number of benzene rings is 1. The summed E-state index contributed by atoms with van der Waals surface area (Å²) < 4.78 is 0. The number of nitrogens with one attached hydrogen (secondary N) is 1. The van der Waals surface area contributed by atoms with E-state index in [1.54, 1.807) is 0 Å². The van der Waals surface area contributed by atoms with Gasteiger partial charge in [-0.3, -0.25) is 4.98 Å². The fourth-order valence-corrected chi connectivity index (χ4v) is 3.02. The second-order valence-corrected chi connectivity index (χ2v) is 5.76. The normalized spacial score (nSPS) is 16.3. The zero-order chi connectivity index (χ0) is 13.1. The average molecular weight is 254 g/mol. The van der Waals surface area contributed by atoms with Crippen LogP contribution in [0.2, 0.25) is 0 Å². The fourth-order valence-electron chi connectivity index (χ4n) is 3.02. The SMILES string of the molecule is Cc1ccc2cc(CNCC3CCCC3)ccc2n1. The second kappa shape index (κ2) is 5.70. The third-order valence-corrected chi connectivity index (χ3v) is 4.13. The molecule has 19 heavy (non-hydrogen) atoms. The van der Waals surface area contributed by atoms with Gasteiger partial charge in [-0.15, -0.1) is 0 Å². The zero-order valence-electron chi connectivity index (χ0n) is 11.7. The van der Waals surface area contributed by atoms with Crippen molar-refractivity contribution in [3.63, 3.8) is 0 Å². The lowest BCUT2D eigenvalue weighted by atomic mass is 10.1. The van der Waals surface area contributed by atoms with Crippen LogP contribution in [0, 0.1) is 12.8 Å². The summed E-state index contributed by atoms with van der Waals surface area (Å²) >= 11 is 0. The molecule has 1 fully saturated rings. The number of aromatic nitrogens is 1. The molecule has 0 saturated heterocycles. The molecule has 0 radical (unpaired) electrons. The van der Waals surface area contributed by atoms with Crippen LogP contribution in [0.4, 0.5) is 0 Å². The molecule has 1 saturated carbocycles. The molecule has 3 rings (SSSR count). The summed E-state index contributed by atoms with van der Waals surface area (Å²) in [7, 11) is 0. The minimum absolute atomic E-state index is 0.907. The van der Waals surface area contributed by atoms with Crippen LogP contribution in [0.3, 0.4) is 0 Å². The Morgan fingerprint density at radius 1 is 1.16 bits per heavy atom. The lowest BCUT2D eigenvalue weighted by Gasteiger charge is -2.11. The fraction of sp³-hybridized carbons (Fsp3) is 0.471. The molecule has 0 atom stereocenters. The van der Waals surface area contributed by atoms with Crippen molar-refractivity contribution in [2.75, 3.05) is 6.54 Å². The standard InChI is InChI=1S/C17H22N2/c1-13-6-8-16-10-15(7-9-17(16)19-13)12-18-11-14-4-2-3-5-14/h6-10,14,18H,2-5,11-12H2,1H3. The van der Waals surface area contributed by atoms with Gasteiger partial charge in [-0.05, 0) is 56.0 Å². The van der Waals surface area contributed by atoms with E-state index < -0.39 is 0 Å². The van der Waals surface area contributed by atoms with Gasteiger partial charge >= 0.3 is 0 Å². The van der Waals surface area contributed by atoms with Gasteiger partial charge in [0.15, 0.2) is 0 Å². The Bertz CT molecular complexity index is 556. The van der Waals surface area contributed by atoms with Gasteiger partial charge in [0.1, 0.15) is 0 Å². The Balaban J connectivity index is 1.62. The molecule has 0 bridgehead atoms. The Hall–Kier alpha value is -1.41. The number of pyridine rings is 1. The smallest absolute Gasteiger partial charge is 0.0705 e. The summed E-state index contributed by atoms with van der Waals surface area (Å²) in [6, 6.07) is 10.8. The molecule has 0 aliphatic heterocycles. The highest BCUT2D eigenvalue weighted by atomic mass is 14.9. The monoisotopic (exact) mass is 254 g/mol. The van der Waals surface area contributed by atoms with Crippen molar-refractivity contribution in [1.82, 2.24) is 10.3 Å². The predicted molar refractivity (Wildman–Crippen MR) is 80.1 cm³/mol. The van der Waals surface area contributed by atoms with Crippen LogP contribution in [0.15, 0.2) is 30.3 Å². The maximum absolute atomic E-state index is 4.54. The summed E-state index contributed by atoms with van der Waals surface area (Å²) in [5.74, 6) is 0.907. The molecule has 1 aliphatic rings. The van der Waals surface area contributed by atoms with Crippen molar-refractivity contribution in [3.8, 4) is 0 Å². The third kappa shape index (κ3) is 3.13. The highest BCUT2D eigenvalue weighted by Gasteiger charge is 2.13. The summed E-state index contributed by atoms with van der Waals surface area (Å²) in [6.45, 7) is 4.18. The van der Waals surface area contributed by atoms with Crippen molar-refractivity contribution in [2.45, 2.75) is 39.2 Å². The molecular weight excluding hydrogens is 232 g/mol. The first-order chi connectivity index (χ1) is 9.31. The number of hydrogen-bond donors (Lipinski definition) is 1. The molecule has 1 heterocycles. The van der Waals surface area contributed by atoms with E-state index in [2.05, 4.69) is 40.6 Å². The second-order valence-electron chi connectivity index (χ2n) is 5.76. The molecule has 0 spiro atoms. The van der Waals surface area contributed by atoms with Crippen molar-refractivity contribution in [2.24, 2.45) is 5.92 Å². The van der Waals surface area contributed by atoms with Gasteiger partial charge in [-0.25, -0.2) is 0 Å². The third-order valence-electron chi connectivity index (χ3n) is 4.13. The summed E-state index contributed by atoms with van der Waals surface area (Å²) in [4.78, 5) is 4.54. The van der Waals surface area contributed by atoms with E-state index in [1.807, 2.05) is 6.92 Å². The molecule has 1 aromatic carbocycles. The van der Waals surface area contributed by atoms with E-state index in [1.165, 1.54) is 43.2 Å². The minimum atomic E-state index is 0.907. The highest BCUT2D eigenvalue weighted by Crippen LogP contribution is 2.23. The number of rotatable bonds is 4. The van der Waals surface area contributed by atoms with E-state index in [4.69, 9.17) is 0 Å². The summed E-state index contributed by atoms with van der Waals surface area (Å²) in [5, 5.41) is 4.84. The molecule has 2 nitrogen and oxygen atoms in total. The van der Waals surface area contributed by atoms with Gasteiger partial charge in [0.2, 0.25) is 0 Å². The zero-order valence-corrected chi connectivity index (χ0v) is 11.7. The quantitative estimate of drug-likeness (QED) is 0.897. The maximum Gasteiger partial charge on any atom is 0.0705 e. The highest BCUT2D eigenvalue weighted by molar-refractivity contribution is 5.79. The Kier molecular flexibility index (Phi) is 3.79. The van der Waals surface area contributed by atoms with Crippen molar-refractivity contribution in [1.29, 1.82) is 0 Å². The van der Waals surface area contributed by atoms with Crippen LogP contribution in [-0.4, -0.2) is 11.5 Å². The number of nitrogens with zero attached hydrogens (tertiary/aromatic N) is 1. The molecule has 2 aromatic rings. The summed E-state index contributed by atoms with van der Waals surface area (Å²) in [5.41, 5.74) is 3.54. The first-order valence-corrected chi connectivity index (χ1v) is 7.38. The van der Waals surface area contributed by atoms with Gasteiger partial charge in [-0.2, -0.15) is 0 Å². The Labute approximate surface area is 115 Å². The van der Waals surface area contributed by atoms with Gasteiger partial charge in [0.25, 0.3) is 0 Å². The topological polar surface area (TPSA) is 24.9 Å². The van der Waals surface area contributed by atoms with Crippen LogP contribution < -0.4 is 5.32 Å². The van der Waals surface area contributed by atoms with E-state index >= 15 is 0 Å². The summed E-state index contributed by atoms with van der Waals surface area (Å²) in [6.07, 6.45) is 5.67. The lowest BCUT2D eigenvalue weighted by Crippen LogP contribution is -2.20. The molecule has 1 aliphatic carbocycles. The van der Waals surface area contributed by atoms with Gasteiger partial charge in [-0.1, -0.05) is 25.0 Å². The average Bonchev–Trinajstić information content (AvgIpc) is 2.92. The van der Waals surface area contributed by atoms with Crippen molar-refractivity contribution in [3.05, 3.63) is 41.6 Å². The van der Waals surface area contributed by atoms with Crippen LogP contribution >= 0.6 is 0 Å². The molecule has 0 unspecified atom stereocenters. The number of hydrogen-bond acceptors (Lipinski definition) is 2. The lowest BCUT2D eigenvalue weighted by molar-refractivity contribution is 0.489. The molecule has 100 valence electrons. The van der Waals surface area contributed by atoms with Gasteiger partial charge < -0.3 is 5.32 Å². The van der Waals surface area contributed by atoms with E-state index in [0.29, 0.717) is 0 Å². The Morgan fingerprint density at radius 3 is 2.84 bits per heavy atom. The van der Waals surface area contributed by atoms with Gasteiger partial charge in [0, 0.05) is 17.6 Å². The van der Waals surface area contributed by atoms with Crippen LogP contribution in [0.1, 0.15) is 36.9 Å². The predicted octanol–water partition coefficient (Wildman–Crippen LogP) is 3.82. The molecule has 1 N–H and O–H groups in total. The van der Waals surface area contributed by atoms with Crippen LogP contribution in [0.5, 0.6) is 0 Å². The van der Waals surface area contributed by atoms with Gasteiger partial charge in [0.05, 0.1) is 5.52 Å². The van der Waals surface area contributed by atoms with Crippen LogP contribution in [-0.2, 0) is 6.54 Å². The number of fused-ring (bicyclic) bond motifs is 1. The van der Waals surface area contributed by atoms with E-state index in [0.717, 1.165) is 23.7 Å². The molecule has 1 aromatic heterocycles. The number of aryl methyl sites for hydroxylation is 1. The minimum Gasteiger partial charge on any atom is -0.312 e. The maximum atomic E-state index is 4.54. The molecule has 2 heteroatoms. The van der Waals surface area contributed by atoms with E-state index in [-0.39, 0.29) is 0 Å². The first-order valence-electron chi connectivity index (χ1n) is 7.38. The largest absolute Gasteiger partial charge is 0.312 e.